The predicted octanol–water partition coefficient (Wildman–Crippen LogP) is 1.38. The van der Waals surface area contributed by atoms with Crippen LogP contribution in [0.25, 0.3) is 0 Å². The van der Waals surface area contributed by atoms with E-state index in [2.05, 4.69) is 5.32 Å². The summed E-state index contributed by atoms with van der Waals surface area (Å²) in [6.07, 6.45) is 1.37. The number of hydrogen-bond acceptors (Lipinski definition) is 4. The Balaban J connectivity index is 2.06. The van der Waals surface area contributed by atoms with E-state index in [4.69, 9.17) is 15.2 Å². The fourth-order valence-electron chi connectivity index (χ4n) is 2.32. The van der Waals surface area contributed by atoms with Crippen LogP contribution in [-0.2, 0) is 9.53 Å². The predicted molar refractivity (Wildman–Crippen MR) is 76.5 cm³/mol. The quantitative estimate of drug-likeness (QED) is 0.853. The summed E-state index contributed by atoms with van der Waals surface area (Å²) < 4.78 is 10.4. The Hall–Kier alpha value is -1.59. The van der Waals surface area contributed by atoms with E-state index in [9.17, 15) is 4.79 Å². The Morgan fingerprint density at radius 2 is 2.20 bits per heavy atom. The molecule has 0 radical (unpaired) electrons. The number of nitrogens with two attached hydrogens (primary N) is 1. The van der Waals surface area contributed by atoms with Crippen molar-refractivity contribution >= 4 is 5.91 Å². The number of carbonyl (C=O) groups excluding carboxylic acids is 1. The van der Waals surface area contributed by atoms with Gasteiger partial charge in [0, 0.05) is 6.61 Å². The number of nitrogens with one attached hydrogen (secondary N) is 1. The molecule has 0 bridgehead atoms. The molecule has 5 nitrogen and oxygen atoms in total. The van der Waals surface area contributed by atoms with Gasteiger partial charge in [-0.2, -0.15) is 0 Å². The molecule has 0 spiro atoms. The largest absolute Gasteiger partial charge is 0.497 e. The molecular formula is C15H22N2O3. The van der Waals surface area contributed by atoms with E-state index in [1.807, 2.05) is 31.2 Å². The summed E-state index contributed by atoms with van der Waals surface area (Å²) in [6, 6.07) is 7.65. The highest BCUT2D eigenvalue weighted by atomic mass is 16.5. The van der Waals surface area contributed by atoms with Crippen molar-refractivity contribution in [2.75, 3.05) is 20.3 Å². The lowest BCUT2D eigenvalue weighted by molar-refractivity contribution is -0.127. The summed E-state index contributed by atoms with van der Waals surface area (Å²) in [5.74, 6) is 0.659. The van der Waals surface area contributed by atoms with Crippen LogP contribution in [0.2, 0.25) is 0 Å². The molecule has 5 heteroatoms. The molecule has 1 fully saturated rings. The van der Waals surface area contributed by atoms with Crippen LogP contribution in [0.5, 0.6) is 5.75 Å². The maximum absolute atomic E-state index is 12.3. The van der Waals surface area contributed by atoms with Gasteiger partial charge < -0.3 is 20.5 Å². The highest BCUT2D eigenvalue weighted by Gasteiger charge is 2.38. The molecule has 3 N–H and O–H groups in total. The summed E-state index contributed by atoms with van der Waals surface area (Å²) >= 11 is 0. The van der Waals surface area contributed by atoms with E-state index in [0.717, 1.165) is 17.7 Å². The van der Waals surface area contributed by atoms with Gasteiger partial charge in [-0.15, -0.1) is 0 Å². The Bertz CT molecular complexity index is 453. The van der Waals surface area contributed by atoms with Crippen LogP contribution in [0.4, 0.5) is 0 Å². The molecule has 2 rings (SSSR count). The van der Waals surface area contributed by atoms with Gasteiger partial charge in [0.05, 0.1) is 19.8 Å². The zero-order valence-corrected chi connectivity index (χ0v) is 12.0. The third kappa shape index (κ3) is 3.11. The van der Waals surface area contributed by atoms with E-state index in [1.165, 1.54) is 0 Å². The average Bonchev–Trinajstić information content (AvgIpc) is 2.93. The fraction of sp³-hybridized carbons (Fsp3) is 0.533. The molecule has 1 aromatic rings. The maximum atomic E-state index is 12.3. The lowest BCUT2D eigenvalue weighted by atomic mass is 9.97. The normalized spacial score (nSPS) is 23.4. The minimum absolute atomic E-state index is 0.0468. The number of methoxy groups -OCH3 is 1. The monoisotopic (exact) mass is 278 g/mol. The first-order chi connectivity index (χ1) is 9.59. The molecule has 110 valence electrons. The van der Waals surface area contributed by atoms with Crippen molar-refractivity contribution in [3.63, 3.8) is 0 Å². The van der Waals surface area contributed by atoms with Crippen LogP contribution in [0.3, 0.4) is 0 Å². The number of ether oxygens (including phenoxy) is 2. The van der Waals surface area contributed by atoms with Gasteiger partial charge >= 0.3 is 0 Å². The molecule has 0 aliphatic carbocycles. The molecule has 2 unspecified atom stereocenters. The number of benzene rings is 1. The number of amides is 1. The summed E-state index contributed by atoms with van der Waals surface area (Å²) in [5, 5.41) is 3.02. The summed E-state index contributed by atoms with van der Waals surface area (Å²) in [4.78, 5) is 12.3. The molecule has 1 aromatic carbocycles. The Morgan fingerprint density at radius 1 is 1.50 bits per heavy atom. The van der Waals surface area contributed by atoms with Crippen LogP contribution >= 0.6 is 0 Å². The average molecular weight is 278 g/mol. The second-order valence-corrected chi connectivity index (χ2v) is 5.17. The second-order valence-electron chi connectivity index (χ2n) is 5.17. The van der Waals surface area contributed by atoms with Crippen molar-refractivity contribution < 1.29 is 14.3 Å². The van der Waals surface area contributed by atoms with Gasteiger partial charge in [0.2, 0.25) is 5.91 Å². The highest BCUT2D eigenvalue weighted by Crippen LogP contribution is 2.22. The van der Waals surface area contributed by atoms with E-state index in [1.54, 1.807) is 7.11 Å². The minimum Gasteiger partial charge on any atom is -0.497 e. The van der Waals surface area contributed by atoms with Crippen molar-refractivity contribution in [1.29, 1.82) is 0 Å². The van der Waals surface area contributed by atoms with Crippen LogP contribution in [0.1, 0.15) is 31.4 Å². The van der Waals surface area contributed by atoms with E-state index < -0.39 is 5.54 Å². The Morgan fingerprint density at radius 3 is 2.70 bits per heavy atom. The molecule has 0 saturated carbocycles. The summed E-state index contributed by atoms with van der Waals surface area (Å²) in [5.41, 5.74) is 6.23. The van der Waals surface area contributed by atoms with Crippen molar-refractivity contribution in [3.8, 4) is 5.75 Å². The van der Waals surface area contributed by atoms with Crippen LogP contribution in [-0.4, -0.2) is 31.8 Å². The van der Waals surface area contributed by atoms with Crippen LogP contribution in [0.15, 0.2) is 24.3 Å². The molecule has 1 aliphatic rings. The van der Waals surface area contributed by atoms with Crippen LogP contribution in [0, 0.1) is 0 Å². The molecule has 2 atom stereocenters. The summed E-state index contributed by atoms with van der Waals surface area (Å²) in [6.45, 7) is 2.87. The molecule has 1 heterocycles. The zero-order chi connectivity index (χ0) is 14.6. The van der Waals surface area contributed by atoms with Crippen molar-refractivity contribution in [2.24, 2.45) is 5.73 Å². The van der Waals surface area contributed by atoms with Gasteiger partial charge in [-0.05, 0) is 30.5 Å². The second kappa shape index (κ2) is 6.24. The first-order valence-corrected chi connectivity index (χ1v) is 6.90. The van der Waals surface area contributed by atoms with Gasteiger partial charge in [0.15, 0.2) is 0 Å². The van der Waals surface area contributed by atoms with Gasteiger partial charge in [-0.25, -0.2) is 0 Å². The molecule has 1 saturated heterocycles. The van der Waals surface area contributed by atoms with Crippen molar-refractivity contribution in [3.05, 3.63) is 29.8 Å². The fourth-order valence-corrected chi connectivity index (χ4v) is 2.32. The lowest BCUT2D eigenvalue weighted by Gasteiger charge is -2.25. The Kier molecular flexibility index (Phi) is 4.62. The SMILES string of the molecule is CCC(NC(=O)C1(N)CCOC1)c1ccc(OC)cc1. The third-order valence-electron chi connectivity index (χ3n) is 3.74. The molecule has 0 aromatic heterocycles. The standard InChI is InChI=1S/C15H22N2O3/c1-3-13(11-4-6-12(19-2)7-5-11)17-14(18)15(16)8-9-20-10-15/h4-7,13H,3,8-10,16H2,1-2H3,(H,17,18). The van der Waals surface area contributed by atoms with E-state index in [-0.39, 0.29) is 18.6 Å². The molecular weight excluding hydrogens is 256 g/mol. The first kappa shape index (κ1) is 14.8. The first-order valence-electron chi connectivity index (χ1n) is 6.90. The minimum atomic E-state index is -0.889. The van der Waals surface area contributed by atoms with Crippen molar-refractivity contribution in [1.82, 2.24) is 5.32 Å². The summed E-state index contributed by atoms with van der Waals surface area (Å²) in [7, 11) is 1.63. The molecule has 1 aliphatic heterocycles. The van der Waals surface area contributed by atoms with Gasteiger partial charge in [0.1, 0.15) is 11.3 Å². The van der Waals surface area contributed by atoms with Crippen LogP contribution < -0.4 is 15.8 Å². The van der Waals surface area contributed by atoms with Gasteiger partial charge in [-0.3, -0.25) is 4.79 Å². The number of rotatable bonds is 5. The third-order valence-corrected chi connectivity index (χ3v) is 3.74. The van der Waals surface area contributed by atoms with Crippen molar-refractivity contribution in [2.45, 2.75) is 31.3 Å². The maximum Gasteiger partial charge on any atom is 0.243 e. The topological polar surface area (TPSA) is 73.6 Å². The smallest absolute Gasteiger partial charge is 0.243 e. The van der Waals surface area contributed by atoms with Gasteiger partial charge in [-0.1, -0.05) is 19.1 Å². The van der Waals surface area contributed by atoms with E-state index in [0.29, 0.717) is 13.0 Å². The lowest BCUT2D eigenvalue weighted by Crippen LogP contribution is -2.55. The highest BCUT2D eigenvalue weighted by molar-refractivity contribution is 5.86. The molecule has 20 heavy (non-hydrogen) atoms. The van der Waals surface area contributed by atoms with E-state index >= 15 is 0 Å². The molecule has 1 amide bonds. The zero-order valence-electron chi connectivity index (χ0n) is 12.0. The number of carbonyl (C=O) groups is 1. The van der Waals surface area contributed by atoms with Gasteiger partial charge in [0.25, 0.3) is 0 Å². The number of hydrogen-bond donors (Lipinski definition) is 2. The Labute approximate surface area is 119 Å².